The van der Waals surface area contributed by atoms with Gasteiger partial charge in [-0.3, -0.25) is 5.10 Å². The highest BCUT2D eigenvalue weighted by molar-refractivity contribution is 7.89. The van der Waals surface area contributed by atoms with Crippen molar-refractivity contribution in [3.8, 4) is 11.3 Å². The lowest BCUT2D eigenvalue weighted by Gasteiger charge is -2.14. The Bertz CT molecular complexity index is 1010. The summed E-state index contributed by atoms with van der Waals surface area (Å²) in [5.41, 5.74) is 8.96. The average Bonchev–Trinajstić information content (AvgIpc) is 3.12. The van der Waals surface area contributed by atoms with Gasteiger partial charge < -0.3 is 5.73 Å². The zero-order valence-electron chi connectivity index (χ0n) is 12.8. The quantitative estimate of drug-likeness (QED) is 0.735. The summed E-state index contributed by atoms with van der Waals surface area (Å²) in [6.45, 7) is 0.939. The van der Waals surface area contributed by atoms with Crippen LogP contribution in [0.3, 0.4) is 0 Å². The molecule has 0 radical (unpaired) electrons. The second-order valence-corrected chi connectivity index (χ2v) is 7.85. The maximum Gasteiger partial charge on any atom is 0.214 e. The fourth-order valence-electron chi connectivity index (χ4n) is 2.99. The van der Waals surface area contributed by atoms with E-state index in [0.717, 1.165) is 16.8 Å². The molecule has 0 bridgehead atoms. The van der Waals surface area contributed by atoms with Crippen molar-refractivity contribution in [1.82, 2.24) is 24.5 Å². The molecule has 1 aliphatic heterocycles. The number of rotatable bonds is 3. The third-order valence-corrected chi connectivity index (χ3v) is 6.06. The molecule has 0 spiro atoms. The zero-order chi connectivity index (χ0) is 16.7. The molecule has 0 saturated carbocycles. The van der Waals surface area contributed by atoms with Crippen molar-refractivity contribution in [3.05, 3.63) is 36.2 Å². The fourth-order valence-corrected chi connectivity index (χ4v) is 4.49. The highest BCUT2D eigenvalue weighted by Crippen LogP contribution is 2.29. The fraction of sp³-hybridized carbons (Fsp3) is 0.267. The molecular weight excluding hydrogens is 328 g/mol. The monoisotopic (exact) mass is 344 g/mol. The lowest BCUT2D eigenvalue weighted by atomic mass is 10.1. The van der Waals surface area contributed by atoms with Crippen LogP contribution in [0.25, 0.3) is 22.3 Å². The first-order valence-corrected chi connectivity index (χ1v) is 9.17. The number of hydrogen-bond donors (Lipinski definition) is 2. The Labute approximate surface area is 138 Å². The van der Waals surface area contributed by atoms with Gasteiger partial charge in [-0.25, -0.2) is 18.4 Å². The molecule has 3 N–H and O–H groups in total. The van der Waals surface area contributed by atoms with Crippen LogP contribution < -0.4 is 5.73 Å². The number of fused-ring (bicyclic) bond motifs is 1. The van der Waals surface area contributed by atoms with E-state index in [1.807, 2.05) is 24.3 Å². The van der Waals surface area contributed by atoms with Gasteiger partial charge in [-0.2, -0.15) is 9.40 Å². The predicted molar refractivity (Wildman–Crippen MR) is 90.3 cm³/mol. The second-order valence-electron chi connectivity index (χ2n) is 5.76. The minimum absolute atomic E-state index is 0.228. The van der Waals surface area contributed by atoms with Crippen LogP contribution in [0.5, 0.6) is 0 Å². The van der Waals surface area contributed by atoms with E-state index in [2.05, 4.69) is 20.2 Å². The van der Waals surface area contributed by atoms with Crippen LogP contribution in [-0.2, 0) is 16.6 Å². The standard InChI is InChI=1S/C15H16N6O2S/c16-14-12-13(19-20-15(12)18-9-17-14)11-4-1-3-10(7-11)8-21-5-2-6-24(21,22)23/h1,3-4,7,9H,2,5-6,8H2,(H3,16,17,18,19,20). The first kappa shape index (κ1) is 15.0. The van der Waals surface area contributed by atoms with Crippen LogP contribution in [0.15, 0.2) is 30.6 Å². The number of anilines is 1. The van der Waals surface area contributed by atoms with Crippen LogP contribution in [0.1, 0.15) is 12.0 Å². The number of nitrogens with zero attached hydrogens (tertiary/aromatic N) is 4. The summed E-state index contributed by atoms with van der Waals surface area (Å²) in [5, 5.41) is 7.76. The molecule has 1 fully saturated rings. The van der Waals surface area contributed by atoms with Crippen LogP contribution >= 0.6 is 0 Å². The first-order chi connectivity index (χ1) is 11.5. The third kappa shape index (κ3) is 2.51. The Kier molecular flexibility index (Phi) is 3.47. The van der Waals surface area contributed by atoms with Crippen LogP contribution in [-0.4, -0.2) is 45.2 Å². The third-order valence-electron chi connectivity index (χ3n) is 4.16. The Balaban J connectivity index is 1.72. The number of sulfonamides is 1. The Morgan fingerprint density at radius 1 is 1.29 bits per heavy atom. The number of H-pyrrole nitrogens is 1. The Morgan fingerprint density at radius 3 is 2.96 bits per heavy atom. The lowest BCUT2D eigenvalue weighted by Crippen LogP contribution is -2.25. The maximum atomic E-state index is 12.0. The molecule has 0 atom stereocenters. The van der Waals surface area contributed by atoms with Gasteiger partial charge in [-0.1, -0.05) is 18.2 Å². The van der Waals surface area contributed by atoms with Gasteiger partial charge in [0, 0.05) is 18.7 Å². The van der Waals surface area contributed by atoms with Gasteiger partial charge in [0.2, 0.25) is 10.0 Å². The molecule has 1 saturated heterocycles. The number of aromatic amines is 1. The molecule has 4 rings (SSSR count). The molecule has 0 aliphatic carbocycles. The molecular formula is C15H16N6O2S. The molecule has 1 aromatic carbocycles. The van der Waals surface area contributed by atoms with E-state index < -0.39 is 10.0 Å². The van der Waals surface area contributed by atoms with E-state index in [4.69, 9.17) is 5.73 Å². The highest BCUT2D eigenvalue weighted by atomic mass is 32.2. The summed E-state index contributed by atoms with van der Waals surface area (Å²) in [5.74, 6) is 0.586. The van der Waals surface area contributed by atoms with Crippen molar-refractivity contribution in [1.29, 1.82) is 0 Å². The Morgan fingerprint density at radius 2 is 2.17 bits per heavy atom. The molecule has 1 aliphatic rings. The smallest absolute Gasteiger partial charge is 0.214 e. The summed E-state index contributed by atoms with van der Waals surface area (Å²) in [6, 6.07) is 7.66. The molecule has 2 aromatic heterocycles. The van der Waals surface area contributed by atoms with Gasteiger partial charge in [0.05, 0.1) is 16.8 Å². The summed E-state index contributed by atoms with van der Waals surface area (Å²) in [7, 11) is -3.12. The molecule has 124 valence electrons. The largest absolute Gasteiger partial charge is 0.383 e. The molecule has 3 aromatic rings. The van der Waals surface area contributed by atoms with E-state index in [9.17, 15) is 8.42 Å². The van der Waals surface area contributed by atoms with Gasteiger partial charge in [-0.15, -0.1) is 0 Å². The van der Waals surface area contributed by atoms with E-state index >= 15 is 0 Å². The highest BCUT2D eigenvalue weighted by Gasteiger charge is 2.28. The molecule has 0 unspecified atom stereocenters. The van der Waals surface area contributed by atoms with Gasteiger partial charge in [0.15, 0.2) is 5.65 Å². The van der Waals surface area contributed by atoms with Crippen molar-refractivity contribution in [2.45, 2.75) is 13.0 Å². The summed E-state index contributed by atoms with van der Waals surface area (Å²) in [4.78, 5) is 8.10. The van der Waals surface area contributed by atoms with Crippen LogP contribution in [0, 0.1) is 0 Å². The number of nitrogens with two attached hydrogens (primary N) is 1. The molecule has 9 heteroatoms. The zero-order valence-corrected chi connectivity index (χ0v) is 13.6. The van der Waals surface area contributed by atoms with Gasteiger partial charge in [-0.05, 0) is 18.1 Å². The molecule has 0 amide bonds. The molecule has 8 nitrogen and oxygen atoms in total. The topological polar surface area (TPSA) is 118 Å². The van der Waals surface area contributed by atoms with Crippen LogP contribution in [0.4, 0.5) is 5.82 Å². The van der Waals surface area contributed by atoms with E-state index in [1.54, 1.807) is 0 Å². The number of benzene rings is 1. The summed E-state index contributed by atoms with van der Waals surface area (Å²) >= 11 is 0. The van der Waals surface area contributed by atoms with Crippen molar-refractivity contribution in [3.63, 3.8) is 0 Å². The van der Waals surface area contributed by atoms with Crippen molar-refractivity contribution in [2.75, 3.05) is 18.0 Å². The first-order valence-electron chi connectivity index (χ1n) is 7.56. The maximum absolute atomic E-state index is 12.0. The van der Waals surface area contributed by atoms with Crippen molar-refractivity contribution >= 4 is 26.9 Å². The van der Waals surface area contributed by atoms with E-state index in [-0.39, 0.29) is 5.75 Å². The molecule has 3 heterocycles. The van der Waals surface area contributed by atoms with E-state index in [1.165, 1.54) is 10.6 Å². The van der Waals surface area contributed by atoms with Crippen molar-refractivity contribution in [2.24, 2.45) is 0 Å². The average molecular weight is 344 g/mol. The molecule has 24 heavy (non-hydrogen) atoms. The summed E-state index contributed by atoms with van der Waals surface area (Å²) in [6.07, 6.45) is 2.05. The number of nitrogens with one attached hydrogen (secondary N) is 1. The Hall–Kier alpha value is -2.52. The number of nitrogen functional groups attached to an aromatic ring is 1. The van der Waals surface area contributed by atoms with Crippen molar-refractivity contribution < 1.29 is 8.42 Å². The summed E-state index contributed by atoms with van der Waals surface area (Å²) < 4.78 is 25.5. The SMILES string of the molecule is Nc1ncnc2n[nH]c(-c3cccc(CN4CCCS4(=O)=O)c3)c12. The number of hydrogen-bond acceptors (Lipinski definition) is 6. The second kappa shape index (κ2) is 5.53. The van der Waals surface area contributed by atoms with Crippen LogP contribution in [0.2, 0.25) is 0 Å². The van der Waals surface area contributed by atoms with Gasteiger partial charge in [0.25, 0.3) is 0 Å². The number of aromatic nitrogens is 4. The normalized spacial score (nSPS) is 17.5. The minimum atomic E-state index is -3.12. The van der Waals surface area contributed by atoms with Gasteiger partial charge in [0.1, 0.15) is 12.1 Å². The lowest BCUT2D eigenvalue weighted by molar-refractivity contribution is 0.440. The minimum Gasteiger partial charge on any atom is -0.383 e. The van der Waals surface area contributed by atoms with E-state index in [0.29, 0.717) is 36.4 Å². The predicted octanol–water partition coefficient (Wildman–Crippen LogP) is 1.14. The van der Waals surface area contributed by atoms with Gasteiger partial charge >= 0.3 is 0 Å².